The number of unbranched alkanes of at least 4 members (excludes halogenated alkanes) is 1. The lowest BCUT2D eigenvalue weighted by molar-refractivity contribution is -0.136. The van der Waals surface area contributed by atoms with Gasteiger partial charge in [-0.3, -0.25) is 4.79 Å². The number of aliphatic hydroxyl groups is 1. The number of rotatable bonds is 6. The number of carbonyl (C=O) groups is 1. The van der Waals surface area contributed by atoms with Crippen LogP contribution in [0.15, 0.2) is 0 Å². The van der Waals surface area contributed by atoms with Gasteiger partial charge in [0.15, 0.2) is 0 Å². The predicted octanol–water partition coefficient (Wildman–Crippen LogP) is 0.607. The quantitative estimate of drug-likeness (QED) is 0.700. The Kier molecular flexibility index (Phi) is 6.42. The number of hydrogen-bond donors (Lipinski definition) is 2. The summed E-state index contributed by atoms with van der Waals surface area (Å²) in [5.41, 5.74) is 0. The normalized spacial score (nSPS) is 20.8. The minimum atomic E-state index is 0.0651. The Hall–Kier alpha value is -0.610. The smallest absolute Gasteiger partial charge is 0.227 e. The molecule has 0 spiro atoms. The van der Waals surface area contributed by atoms with E-state index in [9.17, 15) is 4.79 Å². The van der Waals surface area contributed by atoms with Gasteiger partial charge >= 0.3 is 0 Å². The van der Waals surface area contributed by atoms with Crippen molar-refractivity contribution in [2.75, 3.05) is 32.8 Å². The number of nitrogens with one attached hydrogen (secondary N) is 1. The number of hydrogen-bond acceptors (Lipinski definition) is 3. The maximum absolute atomic E-state index is 12.2. The first-order valence-electron chi connectivity index (χ1n) is 6.40. The van der Waals surface area contributed by atoms with Crippen LogP contribution in [0, 0.1) is 5.92 Å². The van der Waals surface area contributed by atoms with Crippen molar-refractivity contribution in [3.63, 3.8) is 0 Å². The molecule has 1 amide bonds. The zero-order chi connectivity index (χ0) is 11.8. The van der Waals surface area contributed by atoms with Crippen LogP contribution in [0.25, 0.3) is 0 Å². The van der Waals surface area contributed by atoms with Crippen LogP contribution in [0.4, 0.5) is 0 Å². The zero-order valence-electron chi connectivity index (χ0n) is 10.2. The number of amides is 1. The Bertz CT molecular complexity index is 203. The van der Waals surface area contributed by atoms with E-state index in [0.29, 0.717) is 6.54 Å². The van der Waals surface area contributed by atoms with Gasteiger partial charge in [0, 0.05) is 19.6 Å². The second kappa shape index (κ2) is 7.63. The highest BCUT2D eigenvalue weighted by molar-refractivity contribution is 5.79. The summed E-state index contributed by atoms with van der Waals surface area (Å²) >= 11 is 0. The molecule has 1 atom stereocenters. The molecule has 1 saturated heterocycles. The van der Waals surface area contributed by atoms with Gasteiger partial charge in [0.2, 0.25) is 5.91 Å². The summed E-state index contributed by atoms with van der Waals surface area (Å²) in [7, 11) is 0. The first kappa shape index (κ1) is 13.5. The third kappa shape index (κ3) is 4.10. The van der Waals surface area contributed by atoms with Crippen LogP contribution in [0.3, 0.4) is 0 Å². The Morgan fingerprint density at radius 2 is 2.31 bits per heavy atom. The molecule has 0 unspecified atom stereocenters. The van der Waals surface area contributed by atoms with Gasteiger partial charge in [0.1, 0.15) is 0 Å². The molecule has 0 radical (unpaired) electrons. The molecule has 0 aromatic rings. The van der Waals surface area contributed by atoms with Gasteiger partial charge in [0.05, 0.1) is 12.5 Å². The minimum Gasteiger partial charge on any atom is -0.395 e. The van der Waals surface area contributed by atoms with E-state index in [4.69, 9.17) is 5.11 Å². The summed E-state index contributed by atoms with van der Waals surface area (Å²) in [6.45, 7) is 5.27. The molecular formula is C12H24N2O2. The highest BCUT2D eigenvalue weighted by Gasteiger charge is 2.25. The van der Waals surface area contributed by atoms with E-state index in [-0.39, 0.29) is 18.4 Å². The first-order valence-corrected chi connectivity index (χ1v) is 6.40. The Balaban J connectivity index is 2.44. The van der Waals surface area contributed by atoms with E-state index in [1.165, 1.54) is 0 Å². The van der Waals surface area contributed by atoms with Gasteiger partial charge in [-0.15, -0.1) is 0 Å². The van der Waals surface area contributed by atoms with E-state index >= 15 is 0 Å². The van der Waals surface area contributed by atoms with Crippen molar-refractivity contribution in [3.8, 4) is 0 Å². The summed E-state index contributed by atoms with van der Waals surface area (Å²) in [5, 5.41) is 12.2. The van der Waals surface area contributed by atoms with Crippen molar-refractivity contribution < 1.29 is 9.90 Å². The first-order chi connectivity index (χ1) is 7.79. The van der Waals surface area contributed by atoms with Crippen molar-refractivity contribution in [2.24, 2.45) is 5.92 Å². The van der Waals surface area contributed by atoms with Crippen LogP contribution in [-0.2, 0) is 4.79 Å². The van der Waals surface area contributed by atoms with E-state index in [1.807, 2.05) is 4.90 Å². The maximum Gasteiger partial charge on any atom is 0.227 e. The topological polar surface area (TPSA) is 52.6 Å². The zero-order valence-corrected chi connectivity index (χ0v) is 10.2. The Morgan fingerprint density at radius 3 is 2.88 bits per heavy atom. The Morgan fingerprint density at radius 1 is 1.50 bits per heavy atom. The third-order valence-electron chi connectivity index (χ3n) is 3.11. The van der Waals surface area contributed by atoms with Crippen LogP contribution < -0.4 is 5.32 Å². The molecule has 0 bridgehead atoms. The second-order valence-corrected chi connectivity index (χ2v) is 4.45. The number of carbonyl (C=O) groups excluding carboxylic acids is 1. The molecule has 1 aliphatic rings. The van der Waals surface area contributed by atoms with Crippen molar-refractivity contribution >= 4 is 5.91 Å². The van der Waals surface area contributed by atoms with Gasteiger partial charge < -0.3 is 15.3 Å². The summed E-state index contributed by atoms with van der Waals surface area (Å²) in [6, 6.07) is 0. The van der Waals surface area contributed by atoms with Crippen LogP contribution in [0.5, 0.6) is 0 Å². The average molecular weight is 228 g/mol. The lowest BCUT2D eigenvalue weighted by atomic mass is 9.98. The van der Waals surface area contributed by atoms with E-state index in [2.05, 4.69) is 12.2 Å². The molecule has 2 N–H and O–H groups in total. The molecule has 0 aliphatic carbocycles. The van der Waals surface area contributed by atoms with Crippen molar-refractivity contribution in [1.82, 2.24) is 10.2 Å². The van der Waals surface area contributed by atoms with Crippen LogP contribution in [0.1, 0.15) is 32.6 Å². The molecule has 1 rings (SSSR count). The van der Waals surface area contributed by atoms with Crippen molar-refractivity contribution in [2.45, 2.75) is 32.6 Å². The maximum atomic E-state index is 12.2. The van der Waals surface area contributed by atoms with Crippen LogP contribution >= 0.6 is 0 Å². The van der Waals surface area contributed by atoms with Gasteiger partial charge in [-0.05, 0) is 25.8 Å². The minimum absolute atomic E-state index is 0.0651. The summed E-state index contributed by atoms with van der Waals surface area (Å²) in [4.78, 5) is 14.0. The fourth-order valence-corrected chi connectivity index (χ4v) is 2.12. The molecular weight excluding hydrogens is 204 g/mol. The van der Waals surface area contributed by atoms with Gasteiger partial charge in [-0.2, -0.15) is 0 Å². The third-order valence-corrected chi connectivity index (χ3v) is 3.11. The average Bonchev–Trinajstić information content (AvgIpc) is 2.35. The van der Waals surface area contributed by atoms with Gasteiger partial charge in [0.25, 0.3) is 0 Å². The standard InChI is InChI=1S/C12H24N2O2/c1-2-3-7-14(8-9-15)12(16)11-5-4-6-13-10-11/h11,13,15H,2-10H2,1H3/t11-/m1/s1. The number of aliphatic hydroxyl groups excluding tert-OH is 1. The molecule has 94 valence electrons. The van der Waals surface area contributed by atoms with Crippen LogP contribution in [-0.4, -0.2) is 48.7 Å². The highest BCUT2D eigenvalue weighted by Crippen LogP contribution is 2.13. The molecule has 1 fully saturated rings. The molecule has 0 saturated carbocycles. The SMILES string of the molecule is CCCCN(CCO)C(=O)[C@@H]1CCCNC1. The lowest BCUT2D eigenvalue weighted by Gasteiger charge is -2.29. The van der Waals surface area contributed by atoms with Crippen molar-refractivity contribution in [3.05, 3.63) is 0 Å². The fourth-order valence-electron chi connectivity index (χ4n) is 2.12. The van der Waals surface area contributed by atoms with E-state index in [0.717, 1.165) is 45.3 Å². The fraction of sp³-hybridized carbons (Fsp3) is 0.917. The number of nitrogens with zero attached hydrogens (tertiary/aromatic N) is 1. The summed E-state index contributed by atoms with van der Waals surface area (Å²) < 4.78 is 0. The van der Waals surface area contributed by atoms with Crippen molar-refractivity contribution in [1.29, 1.82) is 0 Å². The second-order valence-electron chi connectivity index (χ2n) is 4.45. The van der Waals surface area contributed by atoms with Gasteiger partial charge in [-0.25, -0.2) is 0 Å². The predicted molar refractivity (Wildman–Crippen MR) is 64.2 cm³/mol. The molecule has 0 aromatic heterocycles. The molecule has 4 heteroatoms. The largest absolute Gasteiger partial charge is 0.395 e. The van der Waals surface area contributed by atoms with Gasteiger partial charge in [-0.1, -0.05) is 13.3 Å². The molecule has 1 heterocycles. The molecule has 0 aromatic carbocycles. The van der Waals surface area contributed by atoms with E-state index in [1.54, 1.807) is 0 Å². The van der Waals surface area contributed by atoms with Crippen LogP contribution in [0.2, 0.25) is 0 Å². The number of piperidine rings is 1. The summed E-state index contributed by atoms with van der Waals surface area (Å²) in [6.07, 6.45) is 4.17. The Labute approximate surface area is 98.0 Å². The molecule has 16 heavy (non-hydrogen) atoms. The molecule has 1 aliphatic heterocycles. The lowest BCUT2D eigenvalue weighted by Crippen LogP contribution is -2.44. The molecule has 4 nitrogen and oxygen atoms in total. The monoisotopic (exact) mass is 228 g/mol. The van der Waals surface area contributed by atoms with E-state index < -0.39 is 0 Å². The summed E-state index contributed by atoms with van der Waals surface area (Å²) in [5.74, 6) is 0.340. The highest BCUT2D eigenvalue weighted by atomic mass is 16.3.